The molecule has 12 heavy (non-hydrogen) atoms. The average Bonchev–Trinajstić information content (AvgIpc) is 2.07. The second-order valence-corrected chi connectivity index (χ2v) is 3.91. The number of unbranched alkanes of at least 4 members (excludes halogenated alkanes) is 1. The molecular formula is C12H30. The molecule has 0 N–H and O–H groups in total. The van der Waals surface area contributed by atoms with Gasteiger partial charge < -0.3 is 0 Å². The van der Waals surface area contributed by atoms with Gasteiger partial charge in [0.2, 0.25) is 0 Å². The largest absolute Gasteiger partial charge is 0.0683 e. The molecule has 0 nitrogen and oxygen atoms in total. The molecule has 78 valence electrons. The van der Waals surface area contributed by atoms with Crippen LogP contribution in [0.5, 0.6) is 0 Å². The minimum Gasteiger partial charge on any atom is -0.0683 e. The van der Waals surface area contributed by atoms with E-state index in [2.05, 4.69) is 41.5 Å². The van der Waals surface area contributed by atoms with Crippen LogP contribution in [0.1, 0.15) is 74.7 Å². The second kappa shape index (κ2) is 13.6. The fourth-order valence-electron chi connectivity index (χ4n) is 0. The molecule has 0 saturated carbocycles. The highest BCUT2D eigenvalue weighted by Crippen LogP contribution is 2.16. The van der Waals surface area contributed by atoms with Gasteiger partial charge in [-0.25, -0.2) is 0 Å². The predicted octanol–water partition coefficient (Wildman–Crippen LogP) is 5.28. The first kappa shape index (κ1) is 17.9. The quantitative estimate of drug-likeness (QED) is 0.507. The van der Waals surface area contributed by atoms with E-state index in [1.807, 2.05) is 13.8 Å². The van der Waals surface area contributed by atoms with Crippen molar-refractivity contribution in [3.05, 3.63) is 0 Å². The fraction of sp³-hybridized carbons (Fsp3) is 1.00. The Balaban J connectivity index is -0.000000118. The van der Waals surface area contributed by atoms with Crippen LogP contribution in [0.2, 0.25) is 0 Å². The maximum atomic E-state index is 2.24. The summed E-state index contributed by atoms with van der Waals surface area (Å²) in [5.74, 6) is 0. The summed E-state index contributed by atoms with van der Waals surface area (Å²) < 4.78 is 0. The van der Waals surface area contributed by atoms with E-state index >= 15 is 0 Å². The highest BCUT2D eigenvalue weighted by molar-refractivity contribution is 4.55. The van der Waals surface area contributed by atoms with Gasteiger partial charge in [-0.15, -0.1) is 0 Å². The summed E-state index contributed by atoms with van der Waals surface area (Å²) in [5.41, 5.74) is 0.542. The van der Waals surface area contributed by atoms with Gasteiger partial charge in [-0.05, 0) is 5.41 Å². The van der Waals surface area contributed by atoms with Gasteiger partial charge in [0.25, 0.3) is 0 Å². The van der Waals surface area contributed by atoms with Crippen molar-refractivity contribution in [2.75, 3.05) is 0 Å². The number of rotatable bonds is 1. The molecule has 0 bridgehead atoms. The summed E-state index contributed by atoms with van der Waals surface area (Å²) >= 11 is 0. The summed E-state index contributed by atoms with van der Waals surface area (Å²) in [5, 5.41) is 0. The zero-order valence-corrected chi connectivity index (χ0v) is 10.6. The zero-order valence-electron chi connectivity index (χ0n) is 10.6. The van der Waals surface area contributed by atoms with Gasteiger partial charge in [0.15, 0.2) is 0 Å². The molecule has 0 aromatic rings. The first-order valence-corrected chi connectivity index (χ1v) is 5.47. The smallest absolute Gasteiger partial charge is 0.0385 e. The first-order chi connectivity index (χ1) is 5.47. The van der Waals surface area contributed by atoms with Crippen molar-refractivity contribution in [2.45, 2.75) is 74.7 Å². The first-order valence-electron chi connectivity index (χ1n) is 5.47. The van der Waals surface area contributed by atoms with Crippen LogP contribution in [0.15, 0.2) is 0 Å². The number of hydrogen-bond donors (Lipinski definition) is 0. The molecule has 0 amide bonds. The third-order valence-electron chi connectivity index (χ3n) is 1.56. The van der Waals surface area contributed by atoms with Gasteiger partial charge in [0.05, 0.1) is 0 Å². The lowest BCUT2D eigenvalue weighted by Crippen LogP contribution is -2.00. The molecule has 0 spiro atoms. The van der Waals surface area contributed by atoms with Crippen molar-refractivity contribution < 1.29 is 0 Å². The zero-order chi connectivity index (χ0) is 10.6. The van der Waals surface area contributed by atoms with Crippen LogP contribution < -0.4 is 0 Å². The molecule has 0 heterocycles. The van der Waals surface area contributed by atoms with Crippen LogP contribution in [-0.4, -0.2) is 0 Å². The molecule has 0 radical (unpaired) electrons. The number of hydrogen-bond acceptors (Lipinski definition) is 0. The summed E-state index contributed by atoms with van der Waals surface area (Å²) in [6, 6.07) is 0. The van der Waals surface area contributed by atoms with E-state index in [-0.39, 0.29) is 0 Å². The van der Waals surface area contributed by atoms with E-state index in [4.69, 9.17) is 0 Å². The standard InChI is InChI=1S/C6H14.C4H10.C2H6/c1-5-6(2,3)4;1-3-4-2;1-2/h5H2,1-4H3;3-4H2,1-2H3;1-2H3. The Bertz CT molecular complexity index is 45.5. The molecule has 0 aliphatic rings. The Morgan fingerprint density at radius 2 is 0.917 bits per heavy atom. The van der Waals surface area contributed by atoms with E-state index in [0.29, 0.717) is 5.41 Å². The van der Waals surface area contributed by atoms with Gasteiger partial charge in [0, 0.05) is 0 Å². The third-order valence-corrected chi connectivity index (χ3v) is 1.56. The van der Waals surface area contributed by atoms with E-state index in [0.717, 1.165) is 0 Å². The highest BCUT2D eigenvalue weighted by atomic mass is 14.1. The van der Waals surface area contributed by atoms with E-state index in [9.17, 15) is 0 Å². The highest BCUT2D eigenvalue weighted by Gasteiger charge is 2.03. The molecule has 0 aliphatic heterocycles. The van der Waals surface area contributed by atoms with Gasteiger partial charge >= 0.3 is 0 Å². The van der Waals surface area contributed by atoms with Gasteiger partial charge in [-0.2, -0.15) is 0 Å². The Hall–Kier alpha value is 0. The lowest BCUT2D eigenvalue weighted by molar-refractivity contribution is 0.398. The van der Waals surface area contributed by atoms with Crippen LogP contribution >= 0.6 is 0 Å². The van der Waals surface area contributed by atoms with Crippen molar-refractivity contribution in [3.8, 4) is 0 Å². The third kappa shape index (κ3) is 50.6. The lowest BCUT2D eigenvalue weighted by atomic mass is 9.94. The van der Waals surface area contributed by atoms with Gasteiger partial charge in [-0.1, -0.05) is 74.7 Å². The van der Waals surface area contributed by atoms with E-state index < -0.39 is 0 Å². The Morgan fingerprint density at radius 1 is 0.750 bits per heavy atom. The molecule has 0 aliphatic carbocycles. The summed E-state index contributed by atoms with van der Waals surface area (Å²) in [4.78, 5) is 0. The van der Waals surface area contributed by atoms with Gasteiger partial charge in [-0.3, -0.25) is 0 Å². The topological polar surface area (TPSA) is 0 Å². The van der Waals surface area contributed by atoms with E-state index in [1.165, 1.54) is 19.3 Å². The minimum absolute atomic E-state index is 0.542. The van der Waals surface area contributed by atoms with Crippen molar-refractivity contribution >= 4 is 0 Å². The van der Waals surface area contributed by atoms with Crippen LogP contribution in [0.3, 0.4) is 0 Å². The predicted molar refractivity (Wildman–Crippen MR) is 61.7 cm³/mol. The van der Waals surface area contributed by atoms with Crippen LogP contribution in [-0.2, 0) is 0 Å². The van der Waals surface area contributed by atoms with Gasteiger partial charge in [0.1, 0.15) is 0 Å². The lowest BCUT2D eigenvalue weighted by Gasteiger charge is -2.12. The molecule has 0 fully saturated rings. The molecule has 0 heteroatoms. The monoisotopic (exact) mass is 174 g/mol. The SMILES string of the molecule is CC.CCC(C)(C)C.CCCC. The molecule has 0 atom stereocenters. The van der Waals surface area contributed by atoms with Crippen molar-refractivity contribution in [1.29, 1.82) is 0 Å². The maximum absolute atomic E-state index is 2.24. The average molecular weight is 174 g/mol. The molecule has 0 saturated heterocycles. The van der Waals surface area contributed by atoms with Crippen molar-refractivity contribution in [2.24, 2.45) is 5.41 Å². The molecule has 0 unspecified atom stereocenters. The molecule has 0 aromatic carbocycles. The van der Waals surface area contributed by atoms with Crippen LogP contribution in [0, 0.1) is 5.41 Å². The van der Waals surface area contributed by atoms with Crippen molar-refractivity contribution in [1.82, 2.24) is 0 Å². The maximum Gasteiger partial charge on any atom is -0.0385 e. The normalized spacial score (nSPS) is 9.00. The summed E-state index contributed by atoms with van der Waals surface area (Å²) in [6.45, 7) is 17.3. The minimum atomic E-state index is 0.542. The van der Waals surface area contributed by atoms with Crippen molar-refractivity contribution in [3.63, 3.8) is 0 Å². The summed E-state index contributed by atoms with van der Waals surface area (Å²) in [6.07, 6.45) is 3.91. The Labute approximate surface area is 80.8 Å². The molecule has 0 rings (SSSR count). The second-order valence-electron chi connectivity index (χ2n) is 3.91. The summed E-state index contributed by atoms with van der Waals surface area (Å²) in [7, 11) is 0. The molecular weight excluding hydrogens is 144 g/mol. The Kier molecular flexibility index (Phi) is 20.3. The fourth-order valence-corrected chi connectivity index (χ4v) is 0. The van der Waals surface area contributed by atoms with Crippen LogP contribution in [0.25, 0.3) is 0 Å². The molecule has 0 aromatic heterocycles. The van der Waals surface area contributed by atoms with E-state index in [1.54, 1.807) is 0 Å². The van der Waals surface area contributed by atoms with Crippen LogP contribution in [0.4, 0.5) is 0 Å². The Morgan fingerprint density at radius 3 is 0.917 bits per heavy atom.